The van der Waals surface area contributed by atoms with E-state index >= 15 is 0 Å². The fraction of sp³-hybridized carbons (Fsp3) is 0.0909. The van der Waals surface area contributed by atoms with Crippen molar-refractivity contribution in [2.45, 2.75) is 13.5 Å². The average Bonchev–Trinajstić information content (AvgIpc) is 3.10. The lowest BCUT2D eigenvalue weighted by Crippen LogP contribution is -2.30. The molecule has 0 saturated carbocycles. The van der Waals surface area contributed by atoms with Gasteiger partial charge in [-0.05, 0) is 48.4 Å². The number of anilines is 1. The number of carbonyl (C=O) groups excluding carboxylic acids is 1. The molecule has 1 aromatic heterocycles. The van der Waals surface area contributed by atoms with Crippen LogP contribution in [0.3, 0.4) is 0 Å². The third-order valence-corrected chi connectivity index (χ3v) is 5.61. The van der Waals surface area contributed by atoms with Crippen LogP contribution in [0.15, 0.2) is 66.7 Å². The molecule has 0 radical (unpaired) electrons. The summed E-state index contributed by atoms with van der Waals surface area (Å²) in [6.07, 6.45) is 0. The van der Waals surface area contributed by atoms with Crippen LogP contribution in [0.5, 0.6) is 0 Å². The van der Waals surface area contributed by atoms with Gasteiger partial charge in [0.1, 0.15) is 5.82 Å². The third kappa shape index (κ3) is 3.77. The Labute approximate surface area is 171 Å². The van der Waals surface area contributed by atoms with E-state index in [0.29, 0.717) is 16.7 Å². The molecule has 0 atom stereocenters. The summed E-state index contributed by atoms with van der Waals surface area (Å²) in [5.41, 5.74) is 3.00. The SMILES string of the molecule is Cc1cc(Cl)cc2sc(N(Cc3ccccc3)C(=O)c3cccc(F)c3)nc12. The van der Waals surface area contributed by atoms with Crippen molar-refractivity contribution in [3.05, 3.63) is 94.3 Å². The number of halogens is 2. The van der Waals surface area contributed by atoms with Gasteiger partial charge in [-0.25, -0.2) is 9.37 Å². The molecule has 28 heavy (non-hydrogen) atoms. The van der Waals surface area contributed by atoms with Gasteiger partial charge in [-0.3, -0.25) is 9.69 Å². The number of aryl methyl sites for hydroxylation is 1. The van der Waals surface area contributed by atoms with E-state index in [-0.39, 0.29) is 11.5 Å². The van der Waals surface area contributed by atoms with Gasteiger partial charge in [0.15, 0.2) is 5.13 Å². The highest BCUT2D eigenvalue weighted by atomic mass is 35.5. The van der Waals surface area contributed by atoms with Gasteiger partial charge in [0.05, 0.1) is 16.8 Å². The maximum atomic E-state index is 13.7. The minimum absolute atomic E-state index is 0.282. The Morgan fingerprint density at radius 2 is 1.89 bits per heavy atom. The summed E-state index contributed by atoms with van der Waals surface area (Å²) in [7, 11) is 0. The van der Waals surface area contributed by atoms with Gasteiger partial charge in [0.25, 0.3) is 5.91 Å². The summed E-state index contributed by atoms with van der Waals surface area (Å²) in [4.78, 5) is 19.5. The Morgan fingerprint density at radius 1 is 1.11 bits per heavy atom. The van der Waals surface area contributed by atoms with Crippen LogP contribution < -0.4 is 4.90 Å². The van der Waals surface area contributed by atoms with Gasteiger partial charge in [0, 0.05) is 10.6 Å². The predicted octanol–water partition coefficient (Wildman–Crippen LogP) is 6.24. The van der Waals surface area contributed by atoms with Crippen molar-refractivity contribution in [2.75, 3.05) is 4.90 Å². The summed E-state index contributed by atoms with van der Waals surface area (Å²) >= 11 is 7.57. The van der Waals surface area contributed by atoms with E-state index in [1.165, 1.54) is 29.5 Å². The van der Waals surface area contributed by atoms with Crippen LogP contribution in [0.2, 0.25) is 5.02 Å². The Kier molecular flexibility index (Phi) is 5.11. The quantitative estimate of drug-likeness (QED) is 0.398. The Bertz CT molecular complexity index is 1160. The minimum Gasteiger partial charge on any atom is -0.279 e. The Balaban J connectivity index is 1.80. The first-order valence-corrected chi connectivity index (χ1v) is 9.89. The molecule has 6 heteroatoms. The summed E-state index contributed by atoms with van der Waals surface area (Å²) in [5.74, 6) is -0.747. The van der Waals surface area contributed by atoms with Gasteiger partial charge < -0.3 is 0 Å². The third-order valence-electron chi connectivity index (χ3n) is 4.37. The van der Waals surface area contributed by atoms with Crippen molar-refractivity contribution < 1.29 is 9.18 Å². The second-order valence-electron chi connectivity index (χ2n) is 6.45. The van der Waals surface area contributed by atoms with Crippen molar-refractivity contribution >= 4 is 44.2 Å². The maximum absolute atomic E-state index is 13.7. The number of nitrogens with zero attached hydrogens (tertiary/aromatic N) is 2. The van der Waals surface area contributed by atoms with Crippen LogP contribution in [0, 0.1) is 12.7 Å². The molecule has 0 fully saturated rings. The smallest absolute Gasteiger partial charge is 0.260 e. The van der Waals surface area contributed by atoms with Crippen molar-refractivity contribution in [1.29, 1.82) is 0 Å². The van der Waals surface area contributed by atoms with Gasteiger partial charge in [-0.1, -0.05) is 59.3 Å². The molecule has 4 aromatic rings. The number of rotatable bonds is 4. The van der Waals surface area contributed by atoms with Crippen molar-refractivity contribution in [3.63, 3.8) is 0 Å². The Morgan fingerprint density at radius 3 is 2.64 bits per heavy atom. The zero-order valence-electron chi connectivity index (χ0n) is 15.0. The fourth-order valence-electron chi connectivity index (χ4n) is 3.03. The first-order valence-electron chi connectivity index (χ1n) is 8.69. The first-order chi connectivity index (χ1) is 13.5. The molecule has 0 unspecified atom stereocenters. The molecular formula is C22H16ClFN2OS. The second kappa shape index (κ2) is 7.70. The molecule has 0 saturated heterocycles. The van der Waals surface area contributed by atoms with E-state index in [0.717, 1.165) is 21.3 Å². The van der Waals surface area contributed by atoms with Gasteiger partial charge in [0.2, 0.25) is 0 Å². The van der Waals surface area contributed by atoms with E-state index in [2.05, 4.69) is 0 Å². The monoisotopic (exact) mass is 410 g/mol. The molecule has 0 bridgehead atoms. The van der Waals surface area contributed by atoms with Gasteiger partial charge in [-0.15, -0.1) is 0 Å². The highest BCUT2D eigenvalue weighted by Gasteiger charge is 2.22. The summed E-state index contributed by atoms with van der Waals surface area (Å²) in [6.45, 7) is 2.27. The number of fused-ring (bicyclic) bond motifs is 1. The molecule has 0 aliphatic heterocycles. The molecule has 0 aliphatic rings. The van der Waals surface area contributed by atoms with E-state index < -0.39 is 5.82 Å². The lowest BCUT2D eigenvalue weighted by molar-refractivity contribution is 0.0984. The largest absolute Gasteiger partial charge is 0.279 e. The number of aromatic nitrogens is 1. The molecule has 1 amide bonds. The molecule has 140 valence electrons. The fourth-order valence-corrected chi connectivity index (χ4v) is 4.45. The van der Waals surface area contributed by atoms with Crippen LogP contribution >= 0.6 is 22.9 Å². The topological polar surface area (TPSA) is 33.2 Å². The summed E-state index contributed by atoms with van der Waals surface area (Å²) < 4.78 is 14.6. The van der Waals surface area contributed by atoms with Crippen LogP contribution in [0.4, 0.5) is 9.52 Å². The molecule has 4 rings (SSSR count). The van der Waals surface area contributed by atoms with Crippen LogP contribution in [0.1, 0.15) is 21.5 Å². The zero-order valence-corrected chi connectivity index (χ0v) is 16.6. The van der Waals surface area contributed by atoms with Gasteiger partial charge in [-0.2, -0.15) is 0 Å². The molecule has 0 N–H and O–H groups in total. The highest BCUT2D eigenvalue weighted by molar-refractivity contribution is 7.22. The summed E-state index contributed by atoms with van der Waals surface area (Å²) in [6, 6.07) is 19.1. The lowest BCUT2D eigenvalue weighted by Gasteiger charge is -2.20. The van der Waals surface area contributed by atoms with Crippen LogP contribution in [-0.4, -0.2) is 10.9 Å². The maximum Gasteiger partial charge on any atom is 0.260 e. The van der Waals surface area contributed by atoms with Crippen LogP contribution in [-0.2, 0) is 6.54 Å². The van der Waals surface area contributed by atoms with Crippen molar-refractivity contribution in [1.82, 2.24) is 4.98 Å². The Hall–Kier alpha value is -2.76. The number of amides is 1. The number of hydrogen-bond donors (Lipinski definition) is 0. The van der Waals surface area contributed by atoms with E-state index in [1.807, 2.05) is 49.4 Å². The lowest BCUT2D eigenvalue weighted by atomic mass is 10.1. The van der Waals surface area contributed by atoms with E-state index in [9.17, 15) is 9.18 Å². The first kappa shape index (κ1) is 18.6. The molecule has 0 spiro atoms. The predicted molar refractivity (Wildman–Crippen MR) is 113 cm³/mol. The zero-order chi connectivity index (χ0) is 19.7. The normalized spacial score (nSPS) is 11.0. The van der Waals surface area contributed by atoms with Crippen molar-refractivity contribution in [2.24, 2.45) is 0 Å². The molecule has 0 aliphatic carbocycles. The van der Waals surface area contributed by atoms with E-state index in [4.69, 9.17) is 16.6 Å². The number of carbonyl (C=O) groups is 1. The van der Waals surface area contributed by atoms with Gasteiger partial charge >= 0.3 is 0 Å². The van der Waals surface area contributed by atoms with Crippen molar-refractivity contribution in [3.8, 4) is 0 Å². The standard InChI is InChI=1S/C22H16ClFN2OS/c1-14-10-17(23)12-19-20(14)25-22(28-19)26(13-15-6-3-2-4-7-15)21(27)16-8-5-9-18(24)11-16/h2-12H,13H2,1H3. The van der Waals surface area contributed by atoms with E-state index in [1.54, 1.807) is 11.0 Å². The number of hydrogen-bond acceptors (Lipinski definition) is 3. The number of thiazole rings is 1. The summed E-state index contributed by atoms with van der Waals surface area (Å²) in [5, 5.41) is 1.18. The molecule has 3 aromatic carbocycles. The highest BCUT2D eigenvalue weighted by Crippen LogP contribution is 2.34. The molecule has 1 heterocycles. The average molecular weight is 411 g/mol. The van der Waals surface area contributed by atoms with Crippen LogP contribution in [0.25, 0.3) is 10.2 Å². The number of benzene rings is 3. The second-order valence-corrected chi connectivity index (χ2v) is 7.90. The minimum atomic E-state index is -0.447. The molecular weight excluding hydrogens is 395 g/mol. The molecule has 3 nitrogen and oxygen atoms in total.